The van der Waals surface area contributed by atoms with E-state index in [2.05, 4.69) is 0 Å². The maximum Gasteiger partial charge on any atom is 0.338 e. The summed E-state index contributed by atoms with van der Waals surface area (Å²) in [6.45, 7) is 4.81. The molecular weight excluding hydrogens is 394 g/mol. The molecule has 0 fully saturated rings. The Bertz CT molecular complexity index is 991. The highest BCUT2D eigenvalue weighted by molar-refractivity contribution is 7.92. The number of anilines is 1. The van der Waals surface area contributed by atoms with Crippen molar-refractivity contribution in [3.05, 3.63) is 54.1 Å². The number of ketones is 1. The summed E-state index contributed by atoms with van der Waals surface area (Å²) >= 11 is 0. The van der Waals surface area contributed by atoms with Crippen molar-refractivity contribution in [1.29, 1.82) is 0 Å². The van der Waals surface area contributed by atoms with Crippen molar-refractivity contribution in [2.45, 2.75) is 25.7 Å². The van der Waals surface area contributed by atoms with Gasteiger partial charge in [0, 0.05) is 12.5 Å². The molecule has 2 aromatic rings. The molecular formula is C21H25NO6S. The van der Waals surface area contributed by atoms with Gasteiger partial charge in [-0.2, -0.15) is 0 Å². The third-order valence-electron chi connectivity index (χ3n) is 4.34. The zero-order valence-electron chi connectivity index (χ0n) is 17.1. The minimum Gasteiger partial charge on any atom is -0.497 e. The number of carbonyl (C=O) groups is 2. The number of benzene rings is 2. The summed E-state index contributed by atoms with van der Waals surface area (Å²) in [6.07, 6.45) is 0. The number of hydrogen-bond acceptors (Lipinski definition) is 6. The number of rotatable bonds is 7. The second kappa shape index (κ2) is 8.65. The van der Waals surface area contributed by atoms with Crippen LogP contribution in [0.4, 0.5) is 5.69 Å². The molecule has 0 aliphatic rings. The fourth-order valence-electron chi connectivity index (χ4n) is 2.30. The summed E-state index contributed by atoms with van der Waals surface area (Å²) in [5, 5.41) is 0. The Labute approximate surface area is 171 Å². The van der Waals surface area contributed by atoms with Gasteiger partial charge in [0.1, 0.15) is 5.75 Å². The third kappa shape index (κ3) is 5.35. The van der Waals surface area contributed by atoms with Crippen LogP contribution >= 0.6 is 0 Å². The topological polar surface area (TPSA) is 90.0 Å². The van der Waals surface area contributed by atoms with Crippen LogP contribution in [0.1, 0.15) is 31.1 Å². The Hall–Kier alpha value is -2.87. The number of carbonyl (C=O) groups excluding carboxylic acids is 2. The van der Waals surface area contributed by atoms with E-state index >= 15 is 0 Å². The second-order valence-electron chi connectivity index (χ2n) is 7.45. The van der Waals surface area contributed by atoms with Gasteiger partial charge in [-0.15, -0.1) is 0 Å². The highest BCUT2D eigenvalue weighted by Crippen LogP contribution is 2.25. The summed E-state index contributed by atoms with van der Waals surface area (Å²) in [5.41, 5.74) is -0.141. The smallest absolute Gasteiger partial charge is 0.338 e. The van der Waals surface area contributed by atoms with Crippen molar-refractivity contribution in [1.82, 2.24) is 0 Å². The van der Waals surface area contributed by atoms with Gasteiger partial charge in [-0.05, 0) is 42.5 Å². The molecule has 0 atom stereocenters. The molecule has 0 aliphatic heterocycles. The van der Waals surface area contributed by atoms with E-state index in [0.29, 0.717) is 11.4 Å². The van der Waals surface area contributed by atoms with Gasteiger partial charge >= 0.3 is 5.97 Å². The van der Waals surface area contributed by atoms with Crippen LogP contribution in [-0.4, -0.2) is 40.9 Å². The van der Waals surface area contributed by atoms with Crippen molar-refractivity contribution in [3.8, 4) is 5.75 Å². The third-order valence-corrected chi connectivity index (χ3v) is 6.12. The van der Waals surface area contributed by atoms with Crippen LogP contribution in [0.2, 0.25) is 0 Å². The fraction of sp³-hybridized carbons (Fsp3) is 0.333. The average molecular weight is 419 g/mol. The van der Waals surface area contributed by atoms with Gasteiger partial charge in [0.25, 0.3) is 10.0 Å². The van der Waals surface area contributed by atoms with Gasteiger partial charge in [0.15, 0.2) is 12.4 Å². The fourth-order valence-corrected chi connectivity index (χ4v) is 3.55. The summed E-state index contributed by atoms with van der Waals surface area (Å²) in [4.78, 5) is 24.1. The van der Waals surface area contributed by atoms with Crippen LogP contribution in [-0.2, 0) is 19.6 Å². The largest absolute Gasteiger partial charge is 0.497 e. The lowest BCUT2D eigenvalue weighted by atomic mass is 9.91. The van der Waals surface area contributed by atoms with E-state index in [-0.39, 0.29) is 22.8 Å². The highest BCUT2D eigenvalue weighted by atomic mass is 32.2. The minimum absolute atomic E-state index is 0.0518. The number of hydrogen-bond donors (Lipinski definition) is 0. The Morgan fingerprint density at radius 3 is 2.21 bits per heavy atom. The van der Waals surface area contributed by atoms with Crippen molar-refractivity contribution < 1.29 is 27.5 Å². The maximum atomic E-state index is 12.9. The van der Waals surface area contributed by atoms with Crippen LogP contribution in [0.15, 0.2) is 53.4 Å². The Kier molecular flexibility index (Phi) is 6.69. The van der Waals surface area contributed by atoms with Crippen molar-refractivity contribution >= 4 is 27.5 Å². The van der Waals surface area contributed by atoms with Gasteiger partial charge < -0.3 is 9.47 Å². The Balaban J connectivity index is 2.22. The lowest BCUT2D eigenvalue weighted by Gasteiger charge is -2.20. The van der Waals surface area contributed by atoms with E-state index in [9.17, 15) is 18.0 Å². The molecule has 0 N–H and O–H groups in total. The van der Waals surface area contributed by atoms with Gasteiger partial charge in [0.05, 0.1) is 23.3 Å². The first kappa shape index (κ1) is 22.4. The molecule has 0 aliphatic carbocycles. The number of sulfonamides is 1. The molecule has 0 unspecified atom stereocenters. The van der Waals surface area contributed by atoms with E-state index < -0.39 is 21.4 Å². The molecule has 7 nitrogen and oxygen atoms in total. The van der Waals surface area contributed by atoms with E-state index in [0.717, 1.165) is 4.31 Å². The quantitative estimate of drug-likeness (QED) is 0.640. The number of ether oxygens (including phenoxy) is 2. The predicted molar refractivity (Wildman–Crippen MR) is 110 cm³/mol. The lowest BCUT2D eigenvalue weighted by molar-refractivity contribution is -0.129. The van der Waals surface area contributed by atoms with Crippen molar-refractivity contribution in [3.63, 3.8) is 0 Å². The van der Waals surface area contributed by atoms with E-state index in [1.54, 1.807) is 45.0 Å². The van der Waals surface area contributed by atoms with Crippen molar-refractivity contribution in [2.24, 2.45) is 5.41 Å². The van der Waals surface area contributed by atoms with E-state index in [1.807, 2.05) is 0 Å². The number of Topliss-reactive ketones (excluding diaryl/α,β-unsaturated/α-hetero) is 1. The maximum absolute atomic E-state index is 12.9. The number of esters is 1. The minimum atomic E-state index is -3.90. The van der Waals surface area contributed by atoms with E-state index in [1.165, 1.54) is 38.4 Å². The lowest BCUT2D eigenvalue weighted by Crippen LogP contribution is -2.27. The summed E-state index contributed by atoms with van der Waals surface area (Å²) in [7, 11) is -0.961. The van der Waals surface area contributed by atoms with Gasteiger partial charge in [-0.25, -0.2) is 13.2 Å². The Morgan fingerprint density at radius 2 is 1.66 bits per heavy atom. The van der Waals surface area contributed by atoms with E-state index in [4.69, 9.17) is 9.47 Å². The molecule has 0 aromatic heterocycles. The molecule has 0 heterocycles. The molecule has 8 heteroatoms. The van der Waals surface area contributed by atoms with Gasteiger partial charge in [-0.1, -0.05) is 26.8 Å². The zero-order valence-corrected chi connectivity index (χ0v) is 17.9. The molecule has 0 saturated heterocycles. The molecule has 0 bridgehead atoms. The average Bonchev–Trinajstić information content (AvgIpc) is 2.70. The molecule has 0 spiro atoms. The standard InChI is InChI=1S/C21H25NO6S/c1-21(2,3)19(23)14-28-20(24)15-7-6-8-18(13-15)29(25,26)22(4)16-9-11-17(27-5)12-10-16/h6-13H,14H2,1-5H3. The summed E-state index contributed by atoms with van der Waals surface area (Å²) in [5.74, 6) is -0.380. The van der Waals surface area contributed by atoms with Crippen LogP contribution in [0.5, 0.6) is 5.75 Å². The highest BCUT2D eigenvalue weighted by Gasteiger charge is 2.25. The predicted octanol–water partition coefficient (Wildman–Crippen LogP) is 3.29. The number of methoxy groups -OCH3 is 1. The second-order valence-corrected chi connectivity index (χ2v) is 9.42. The molecule has 0 radical (unpaired) electrons. The van der Waals surface area contributed by atoms with Crippen LogP contribution in [0.25, 0.3) is 0 Å². The zero-order chi connectivity index (χ0) is 21.8. The van der Waals surface area contributed by atoms with Crippen molar-refractivity contribution in [2.75, 3.05) is 25.1 Å². The SMILES string of the molecule is COc1ccc(N(C)S(=O)(=O)c2cccc(C(=O)OCC(=O)C(C)(C)C)c2)cc1. The first-order chi connectivity index (χ1) is 13.5. The molecule has 156 valence electrons. The summed E-state index contributed by atoms with van der Waals surface area (Å²) < 4.78 is 37.1. The molecule has 2 aromatic carbocycles. The molecule has 0 saturated carbocycles. The first-order valence-corrected chi connectivity index (χ1v) is 10.3. The molecule has 0 amide bonds. The van der Waals surface area contributed by atoms with Crippen LogP contribution < -0.4 is 9.04 Å². The van der Waals surface area contributed by atoms with Gasteiger partial charge in [0.2, 0.25) is 0 Å². The van der Waals surface area contributed by atoms with Crippen LogP contribution in [0, 0.1) is 5.41 Å². The molecule has 29 heavy (non-hydrogen) atoms. The summed E-state index contributed by atoms with van der Waals surface area (Å²) in [6, 6.07) is 12.1. The number of nitrogens with zero attached hydrogens (tertiary/aromatic N) is 1. The molecule has 2 rings (SSSR count). The monoisotopic (exact) mass is 419 g/mol. The van der Waals surface area contributed by atoms with Gasteiger partial charge in [-0.3, -0.25) is 9.10 Å². The normalized spacial score (nSPS) is 11.6. The first-order valence-electron chi connectivity index (χ1n) is 8.90. The van der Waals surface area contributed by atoms with Crippen LogP contribution in [0.3, 0.4) is 0 Å². The Morgan fingerprint density at radius 1 is 1.03 bits per heavy atom.